The van der Waals surface area contributed by atoms with Crippen molar-refractivity contribution >= 4 is 10.9 Å². The number of hydrogen-bond donors (Lipinski definition) is 0. The molecule has 0 spiro atoms. The van der Waals surface area contributed by atoms with Crippen LogP contribution in [0.15, 0.2) is 12.1 Å². The summed E-state index contributed by atoms with van der Waals surface area (Å²) in [5.74, 6) is 0.0623. The zero-order valence-electron chi connectivity index (χ0n) is 11.9. The van der Waals surface area contributed by atoms with Crippen molar-refractivity contribution in [1.82, 2.24) is 4.57 Å². The van der Waals surface area contributed by atoms with E-state index in [1.807, 2.05) is 52.3 Å². The van der Waals surface area contributed by atoms with Gasteiger partial charge < -0.3 is 9.30 Å². The van der Waals surface area contributed by atoms with Crippen LogP contribution in [0, 0.1) is 19.7 Å². The number of rotatable bonds is 1. The van der Waals surface area contributed by atoms with Gasteiger partial charge >= 0.3 is 0 Å². The first-order valence-corrected chi connectivity index (χ1v) is 6.15. The molecule has 98 valence electrons. The molecule has 1 heterocycles. The number of ether oxygens (including phenoxy) is 1. The largest absolute Gasteiger partial charge is 0.485 e. The Balaban J connectivity index is 2.68. The van der Waals surface area contributed by atoms with Gasteiger partial charge in [0.2, 0.25) is 0 Å². The lowest BCUT2D eigenvalue weighted by atomic mass is 10.1. The molecule has 0 saturated heterocycles. The summed E-state index contributed by atoms with van der Waals surface area (Å²) in [7, 11) is 1.95. The Morgan fingerprint density at radius 3 is 2.33 bits per heavy atom. The lowest BCUT2D eigenvalue weighted by molar-refractivity contribution is 0.125. The number of fused-ring (bicyclic) bond motifs is 1. The molecule has 0 aliphatic heterocycles. The Hall–Kier alpha value is -1.51. The van der Waals surface area contributed by atoms with Crippen molar-refractivity contribution in [2.75, 3.05) is 0 Å². The van der Waals surface area contributed by atoms with Crippen molar-refractivity contribution in [2.24, 2.45) is 7.05 Å². The molecule has 2 aromatic rings. The Bertz CT molecular complexity index is 605. The van der Waals surface area contributed by atoms with Gasteiger partial charge in [-0.1, -0.05) is 0 Å². The van der Waals surface area contributed by atoms with Crippen LogP contribution in [-0.2, 0) is 7.05 Å². The van der Waals surface area contributed by atoms with Crippen LogP contribution in [0.4, 0.5) is 4.39 Å². The van der Waals surface area contributed by atoms with Crippen molar-refractivity contribution in [1.29, 1.82) is 0 Å². The van der Waals surface area contributed by atoms with Crippen LogP contribution in [0.25, 0.3) is 10.9 Å². The van der Waals surface area contributed by atoms with Gasteiger partial charge in [-0.25, -0.2) is 4.39 Å². The van der Waals surface area contributed by atoms with Crippen LogP contribution >= 0.6 is 0 Å². The van der Waals surface area contributed by atoms with Crippen LogP contribution in [-0.4, -0.2) is 10.2 Å². The smallest absolute Gasteiger partial charge is 0.174 e. The van der Waals surface area contributed by atoms with E-state index in [4.69, 9.17) is 4.74 Å². The number of aromatic nitrogens is 1. The molecule has 0 amide bonds. The number of halogens is 1. The van der Waals surface area contributed by atoms with Crippen molar-refractivity contribution in [3.63, 3.8) is 0 Å². The summed E-state index contributed by atoms with van der Waals surface area (Å²) in [5, 5.41) is 0.664. The molecular formula is C15H20FNO. The first kappa shape index (κ1) is 12.9. The number of hydrogen-bond acceptors (Lipinski definition) is 1. The Labute approximate surface area is 107 Å². The third kappa shape index (κ3) is 1.98. The summed E-state index contributed by atoms with van der Waals surface area (Å²) < 4.78 is 22.2. The van der Waals surface area contributed by atoms with Crippen LogP contribution in [0.2, 0.25) is 0 Å². The van der Waals surface area contributed by atoms with Gasteiger partial charge in [-0.15, -0.1) is 0 Å². The molecule has 0 bridgehead atoms. The summed E-state index contributed by atoms with van der Waals surface area (Å²) in [5.41, 5.74) is 2.57. The molecule has 0 saturated carbocycles. The topological polar surface area (TPSA) is 14.2 Å². The van der Waals surface area contributed by atoms with Gasteiger partial charge in [0.25, 0.3) is 0 Å². The van der Waals surface area contributed by atoms with E-state index in [1.54, 1.807) is 6.07 Å². The van der Waals surface area contributed by atoms with E-state index in [2.05, 4.69) is 0 Å². The van der Waals surface area contributed by atoms with Gasteiger partial charge in [0, 0.05) is 18.1 Å². The number of nitrogens with zero attached hydrogens (tertiary/aromatic N) is 1. The predicted molar refractivity (Wildman–Crippen MR) is 72.7 cm³/mol. The predicted octanol–water partition coefficient (Wildman–Crippen LogP) is 4.11. The SMILES string of the molecule is Cc1c(C)n(C)c2ccc(OC(C)(C)C)c(F)c12. The van der Waals surface area contributed by atoms with Gasteiger partial charge in [-0.2, -0.15) is 0 Å². The standard InChI is InChI=1S/C15H20FNO/c1-9-10(2)17(6)11-7-8-12(14(16)13(9)11)18-15(3,4)5/h7-8H,1-6H3. The Morgan fingerprint density at radius 2 is 1.78 bits per heavy atom. The monoisotopic (exact) mass is 249 g/mol. The zero-order chi connectivity index (χ0) is 13.7. The molecule has 0 atom stereocenters. The molecule has 0 N–H and O–H groups in total. The van der Waals surface area contributed by atoms with E-state index in [-0.39, 0.29) is 5.82 Å². The summed E-state index contributed by atoms with van der Waals surface area (Å²) >= 11 is 0. The Morgan fingerprint density at radius 1 is 1.17 bits per heavy atom. The molecule has 18 heavy (non-hydrogen) atoms. The molecule has 0 aliphatic rings. The maximum Gasteiger partial charge on any atom is 0.174 e. The second-order valence-corrected chi connectivity index (χ2v) is 5.76. The van der Waals surface area contributed by atoms with Crippen molar-refractivity contribution in [3.8, 4) is 5.75 Å². The minimum atomic E-state index is -0.397. The average molecular weight is 249 g/mol. The molecule has 2 nitrogen and oxygen atoms in total. The van der Waals surface area contributed by atoms with E-state index in [0.29, 0.717) is 11.1 Å². The molecule has 0 aliphatic carbocycles. The van der Waals surface area contributed by atoms with Gasteiger partial charge in [-0.05, 0) is 52.3 Å². The highest BCUT2D eigenvalue weighted by atomic mass is 19.1. The van der Waals surface area contributed by atoms with E-state index >= 15 is 0 Å². The third-order valence-electron chi connectivity index (χ3n) is 3.28. The fourth-order valence-corrected chi connectivity index (χ4v) is 2.20. The van der Waals surface area contributed by atoms with E-state index in [0.717, 1.165) is 16.8 Å². The second-order valence-electron chi connectivity index (χ2n) is 5.76. The number of aryl methyl sites for hydroxylation is 2. The van der Waals surface area contributed by atoms with Gasteiger partial charge in [-0.3, -0.25) is 0 Å². The number of benzene rings is 1. The van der Waals surface area contributed by atoms with E-state index in [1.165, 1.54) is 0 Å². The van der Waals surface area contributed by atoms with Gasteiger partial charge in [0.05, 0.1) is 5.52 Å². The highest BCUT2D eigenvalue weighted by molar-refractivity contribution is 5.87. The third-order valence-corrected chi connectivity index (χ3v) is 3.28. The van der Waals surface area contributed by atoms with Gasteiger partial charge in [0.15, 0.2) is 11.6 Å². The molecule has 0 fully saturated rings. The lowest BCUT2D eigenvalue weighted by Crippen LogP contribution is -2.23. The highest BCUT2D eigenvalue weighted by Crippen LogP contribution is 2.33. The minimum Gasteiger partial charge on any atom is -0.485 e. The van der Waals surface area contributed by atoms with E-state index in [9.17, 15) is 4.39 Å². The maximum absolute atomic E-state index is 14.5. The van der Waals surface area contributed by atoms with Crippen molar-refractivity contribution in [3.05, 3.63) is 29.2 Å². The Kier molecular flexibility index (Phi) is 2.88. The van der Waals surface area contributed by atoms with Crippen molar-refractivity contribution < 1.29 is 9.13 Å². The molecule has 1 aromatic heterocycles. The normalized spacial score (nSPS) is 12.2. The molecule has 3 heteroatoms. The van der Waals surface area contributed by atoms with Crippen LogP contribution < -0.4 is 4.74 Å². The fourth-order valence-electron chi connectivity index (χ4n) is 2.20. The highest BCUT2D eigenvalue weighted by Gasteiger charge is 2.20. The zero-order valence-corrected chi connectivity index (χ0v) is 11.9. The van der Waals surface area contributed by atoms with Gasteiger partial charge in [0.1, 0.15) is 5.60 Å². The molecular weight excluding hydrogens is 229 g/mol. The molecule has 2 rings (SSSR count). The second kappa shape index (κ2) is 4.01. The van der Waals surface area contributed by atoms with Crippen LogP contribution in [0.1, 0.15) is 32.0 Å². The molecule has 0 radical (unpaired) electrons. The molecule has 1 aromatic carbocycles. The van der Waals surface area contributed by atoms with Crippen LogP contribution in [0.5, 0.6) is 5.75 Å². The summed E-state index contributed by atoms with van der Waals surface area (Å²) in [6, 6.07) is 3.63. The van der Waals surface area contributed by atoms with Crippen LogP contribution in [0.3, 0.4) is 0 Å². The maximum atomic E-state index is 14.5. The fraction of sp³-hybridized carbons (Fsp3) is 0.467. The quantitative estimate of drug-likeness (QED) is 0.741. The lowest BCUT2D eigenvalue weighted by Gasteiger charge is -2.21. The van der Waals surface area contributed by atoms with Crippen molar-refractivity contribution in [2.45, 2.75) is 40.2 Å². The first-order valence-electron chi connectivity index (χ1n) is 6.15. The van der Waals surface area contributed by atoms with E-state index < -0.39 is 5.60 Å². The summed E-state index contributed by atoms with van der Waals surface area (Å²) in [6.07, 6.45) is 0. The first-order chi connectivity index (χ1) is 8.22. The summed E-state index contributed by atoms with van der Waals surface area (Å²) in [4.78, 5) is 0. The minimum absolute atomic E-state index is 0.261. The average Bonchev–Trinajstić information content (AvgIpc) is 2.46. The summed E-state index contributed by atoms with van der Waals surface area (Å²) in [6.45, 7) is 9.69. The molecule has 0 unspecified atom stereocenters.